The highest BCUT2D eigenvalue weighted by molar-refractivity contribution is 9.10. The number of sulfonamides is 1. The Hall–Kier alpha value is 0.390. The molecule has 3 nitrogen and oxygen atoms in total. The van der Waals surface area contributed by atoms with Crippen LogP contribution in [0.4, 0.5) is 0 Å². The van der Waals surface area contributed by atoms with Crippen LogP contribution in [0.2, 0.25) is 0 Å². The van der Waals surface area contributed by atoms with Crippen molar-refractivity contribution < 1.29 is 8.42 Å². The lowest BCUT2D eigenvalue weighted by atomic mass is 9.87. The minimum Gasteiger partial charge on any atom is -0.214 e. The molecule has 0 aromatic rings. The molecule has 1 aliphatic carbocycles. The molecule has 1 rings (SSSR count). The van der Waals surface area contributed by atoms with Crippen molar-refractivity contribution in [2.24, 2.45) is 5.92 Å². The second-order valence-electron chi connectivity index (χ2n) is 3.91. The first-order valence-corrected chi connectivity index (χ1v) is 7.95. The van der Waals surface area contributed by atoms with Crippen LogP contribution in [0.1, 0.15) is 38.5 Å². The number of alkyl halides is 1. The van der Waals surface area contributed by atoms with Gasteiger partial charge in [0.1, 0.15) is 4.66 Å². The fraction of sp³-hybridized carbons (Fsp3) is 1.00. The zero-order valence-electron chi connectivity index (χ0n) is 8.34. The quantitative estimate of drug-likeness (QED) is 0.787. The molecule has 1 fully saturated rings. The van der Waals surface area contributed by atoms with Crippen molar-refractivity contribution in [3.05, 3.63) is 0 Å². The van der Waals surface area contributed by atoms with Gasteiger partial charge < -0.3 is 0 Å². The Kier molecular flexibility index (Phi) is 5.41. The van der Waals surface area contributed by atoms with Gasteiger partial charge in [-0.2, -0.15) is 0 Å². The molecule has 0 spiro atoms. The van der Waals surface area contributed by atoms with Gasteiger partial charge in [-0.3, -0.25) is 0 Å². The summed E-state index contributed by atoms with van der Waals surface area (Å²) < 4.78 is 24.8. The summed E-state index contributed by atoms with van der Waals surface area (Å²) in [5.74, 6) is 0.738. The number of hydrogen-bond donors (Lipinski definition) is 1. The van der Waals surface area contributed by atoms with Gasteiger partial charge in [-0.25, -0.2) is 13.1 Å². The average Bonchev–Trinajstić information content (AvgIpc) is 2.19. The Morgan fingerprint density at radius 1 is 1.21 bits per heavy atom. The predicted octanol–water partition coefficient (Wildman–Crippen LogP) is 2.23. The molecule has 1 N–H and O–H groups in total. The van der Waals surface area contributed by atoms with E-state index in [1.807, 2.05) is 0 Å². The van der Waals surface area contributed by atoms with Crippen molar-refractivity contribution in [1.29, 1.82) is 0 Å². The van der Waals surface area contributed by atoms with E-state index >= 15 is 0 Å². The molecule has 0 radical (unpaired) electrons. The van der Waals surface area contributed by atoms with E-state index in [1.54, 1.807) is 0 Å². The van der Waals surface area contributed by atoms with Crippen LogP contribution in [-0.2, 0) is 10.0 Å². The molecule has 0 aromatic heterocycles. The SMILES string of the molecule is O=S(=O)(CBr)NCCC1CCCCC1. The fourth-order valence-electron chi connectivity index (χ4n) is 1.93. The van der Waals surface area contributed by atoms with E-state index in [1.165, 1.54) is 32.1 Å². The summed E-state index contributed by atoms with van der Waals surface area (Å²) in [7, 11) is -3.05. The molecule has 1 saturated carbocycles. The molecule has 0 atom stereocenters. The van der Waals surface area contributed by atoms with Gasteiger partial charge in [-0.1, -0.05) is 48.0 Å². The summed E-state index contributed by atoms with van der Waals surface area (Å²) >= 11 is 2.95. The molecular weight excluding hydrogens is 266 g/mol. The Morgan fingerprint density at radius 2 is 1.86 bits per heavy atom. The summed E-state index contributed by atoms with van der Waals surface area (Å²) in [5.41, 5.74) is 0. The minimum atomic E-state index is -3.05. The van der Waals surface area contributed by atoms with E-state index in [0.717, 1.165) is 12.3 Å². The van der Waals surface area contributed by atoms with Crippen molar-refractivity contribution in [2.75, 3.05) is 11.2 Å². The smallest absolute Gasteiger partial charge is 0.214 e. The molecular formula is C9H18BrNO2S. The largest absolute Gasteiger partial charge is 0.221 e. The Balaban J connectivity index is 2.14. The molecule has 84 valence electrons. The fourth-order valence-corrected chi connectivity index (χ4v) is 2.92. The normalized spacial score (nSPS) is 19.8. The van der Waals surface area contributed by atoms with Crippen LogP contribution in [0.5, 0.6) is 0 Å². The second-order valence-corrected chi connectivity index (χ2v) is 7.02. The first-order valence-electron chi connectivity index (χ1n) is 5.17. The third-order valence-electron chi connectivity index (χ3n) is 2.74. The monoisotopic (exact) mass is 283 g/mol. The van der Waals surface area contributed by atoms with E-state index < -0.39 is 10.0 Å². The molecule has 0 aromatic carbocycles. The molecule has 0 unspecified atom stereocenters. The number of rotatable bonds is 5. The number of hydrogen-bond acceptors (Lipinski definition) is 2. The zero-order chi connectivity index (χ0) is 10.4. The van der Waals surface area contributed by atoms with Gasteiger partial charge in [0.25, 0.3) is 0 Å². The second kappa shape index (κ2) is 6.08. The highest BCUT2D eigenvalue weighted by atomic mass is 79.9. The number of halogens is 1. The predicted molar refractivity (Wildman–Crippen MR) is 61.9 cm³/mol. The van der Waals surface area contributed by atoms with Gasteiger partial charge >= 0.3 is 0 Å². The summed E-state index contributed by atoms with van der Waals surface area (Å²) in [6.45, 7) is 0.596. The molecule has 0 bridgehead atoms. The summed E-state index contributed by atoms with van der Waals surface area (Å²) in [6.07, 6.45) is 7.52. The summed E-state index contributed by atoms with van der Waals surface area (Å²) in [5, 5.41) is 0. The Bertz CT molecular complexity index is 248. The van der Waals surface area contributed by atoms with Crippen molar-refractivity contribution >= 4 is 26.0 Å². The van der Waals surface area contributed by atoms with Crippen molar-refractivity contribution in [3.8, 4) is 0 Å². The number of nitrogens with one attached hydrogen (secondary N) is 1. The van der Waals surface area contributed by atoms with E-state index in [9.17, 15) is 8.42 Å². The van der Waals surface area contributed by atoms with E-state index in [4.69, 9.17) is 0 Å². The van der Waals surface area contributed by atoms with Crippen molar-refractivity contribution in [1.82, 2.24) is 4.72 Å². The van der Waals surface area contributed by atoms with Gasteiger partial charge in [0.05, 0.1) is 0 Å². The van der Waals surface area contributed by atoms with Gasteiger partial charge in [-0.15, -0.1) is 0 Å². The highest BCUT2D eigenvalue weighted by Gasteiger charge is 2.14. The minimum absolute atomic E-state index is 0.00463. The third-order valence-corrected chi connectivity index (χ3v) is 5.48. The molecule has 14 heavy (non-hydrogen) atoms. The van der Waals surface area contributed by atoms with Crippen LogP contribution in [0.15, 0.2) is 0 Å². The van der Waals surface area contributed by atoms with Crippen LogP contribution in [0.25, 0.3) is 0 Å². The maximum absolute atomic E-state index is 11.1. The molecule has 0 amide bonds. The maximum Gasteiger partial charge on any atom is 0.221 e. The average molecular weight is 284 g/mol. The molecule has 0 heterocycles. The Labute approximate surface area is 94.8 Å². The van der Waals surface area contributed by atoms with E-state index in [2.05, 4.69) is 20.7 Å². The molecule has 0 saturated heterocycles. The first-order chi connectivity index (χ1) is 6.64. The topological polar surface area (TPSA) is 46.2 Å². The zero-order valence-corrected chi connectivity index (χ0v) is 10.7. The van der Waals surface area contributed by atoms with Gasteiger partial charge in [-0.05, 0) is 12.3 Å². The van der Waals surface area contributed by atoms with Crippen LogP contribution in [0.3, 0.4) is 0 Å². The van der Waals surface area contributed by atoms with Gasteiger partial charge in [0.15, 0.2) is 0 Å². The van der Waals surface area contributed by atoms with Crippen LogP contribution < -0.4 is 4.72 Å². The van der Waals surface area contributed by atoms with E-state index in [-0.39, 0.29) is 4.66 Å². The maximum atomic E-state index is 11.1. The molecule has 5 heteroatoms. The van der Waals surface area contributed by atoms with E-state index in [0.29, 0.717) is 6.54 Å². The van der Waals surface area contributed by atoms with Gasteiger partial charge in [0, 0.05) is 6.54 Å². The standard InChI is InChI=1S/C9H18BrNO2S/c10-8-14(12,13)11-7-6-9-4-2-1-3-5-9/h9,11H,1-8H2. The van der Waals surface area contributed by atoms with Crippen LogP contribution in [-0.4, -0.2) is 19.6 Å². The van der Waals surface area contributed by atoms with Crippen molar-refractivity contribution in [3.63, 3.8) is 0 Å². The first kappa shape index (κ1) is 12.5. The van der Waals surface area contributed by atoms with Crippen molar-refractivity contribution in [2.45, 2.75) is 38.5 Å². The Morgan fingerprint density at radius 3 is 2.43 bits per heavy atom. The lowest BCUT2D eigenvalue weighted by Gasteiger charge is -2.21. The molecule has 0 aliphatic heterocycles. The van der Waals surface area contributed by atoms with Crippen LogP contribution >= 0.6 is 15.9 Å². The molecule has 1 aliphatic rings. The van der Waals surface area contributed by atoms with Gasteiger partial charge in [0.2, 0.25) is 10.0 Å². The highest BCUT2D eigenvalue weighted by Crippen LogP contribution is 2.25. The lowest BCUT2D eigenvalue weighted by molar-refractivity contribution is 0.340. The summed E-state index contributed by atoms with van der Waals surface area (Å²) in [4.78, 5) is 0. The third kappa shape index (κ3) is 4.75. The lowest BCUT2D eigenvalue weighted by Crippen LogP contribution is -2.27. The van der Waals surface area contributed by atoms with Crippen LogP contribution in [0, 0.1) is 5.92 Å². The summed E-state index contributed by atoms with van der Waals surface area (Å²) in [6, 6.07) is 0.